The van der Waals surface area contributed by atoms with E-state index < -0.39 is 5.97 Å². The summed E-state index contributed by atoms with van der Waals surface area (Å²) in [7, 11) is 1.91. The van der Waals surface area contributed by atoms with Crippen molar-refractivity contribution in [1.29, 1.82) is 0 Å². The quantitative estimate of drug-likeness (QED) is 0.809. The lowest BCUT2D eigenvalue weighted by Crippen LogP contribution is -1.95. The summed E-state index contributed by atoms with van der Waals surface area (Å²) in [6.07, 6.45) is 0. The van der Waals surface area contributed by atoms with Crippen LogP contribution in [0.5, 0.6) is 0 Å². The lowest BCUT2D eigenvalue weighted by molar-refractivity contribution is 0.0697. The monoisotopic (exact) mass is 226 g/mol. The molecular weight excluding hydrogens is 216 g/mol. The number of benzene rings is 1. The number of carbonyl (C=O) groups is 1. The Morgan fingerprint density at radius 3 is 2.73 bits per heavy atom. The first kappa shape index (κ1) is 11.5. The standard InChI is InChI=1S/C10H10N2O2.ClH/c1-6-11-8-5-7(10(13)14)3-4-9(8)12(6)2;/h3-5H,1-2H3,(H,13,14);1H. The number of aromatic carboxylic acids is 1. The van der Waals surface area contributed by atoms with Crippen LogP contribution in [0.1, 0.15) is 16.2 Å². The number of aromatic nitrogens is 2. The van der Waals surface area contributed by atoms with E-state index in [1.54, 1.807) is 18.2 Å². The highest BCUT2D eigenvalue weighted by Crippen LogP contribution is 2.16. The zero-order valence-electron chi connectivity index (χ0n) is 8.39. The van der Waals surface area contributed by atoms with Crippen LogP contribution < -0.4 is 0 Å². The number of hydrogen-bond acceptors (Lipinski definition) is 2. The van der Waals surface area contributed by atoms with E-state index in [-0.39, 0.29) is 18.0 Å². The van der Waals surface area contributed by atoms with Crippen molar-refractivity contribution in [3.63, 3.8) is 0 Å². The summed E-state index contributed by atoms with van der Waals surface area (Å²) in [5.74, 6) is -0.0438. The summed E-state index contributed by atoms with van der Waals surface area (Å²) < 4.78 is 1.93. The third-order valence-electron chi connectivity index (χ3n) is 2.35. The van der Waals surface area contributed by atoms with E-state index in [4.69, 9.17) is 5.11 Å². The van der Waals surface area contributed by atoms with Gasteiger partial charge in [-0.15, -0.1) is 12.4 Å². The Morgan fingerprint density at radius 1 is 1.47 bits per heavy atom. The van der Waals surface area contributed by atoms with E-state index in [1.807, 2.05) is 18.5 Å². The zero-order chi connectivity index (χ0) is 10.3. The molecule has 1 aromatic heterocycles. The average Bonchev–Trinajstić information content (AvgIpc) is 2.42. The topological polar surface area (TPSA) is 55.1 Å². The van der Waals surface area contributed by atoms with Gasteiger partial charge in [-0.1, -0.05) is 0 Å². The predicted molar refractivity (Wildman–Crippen MR) is 59.7 cm³/mol. The Hall–Kier alpha value is -1.55. The van der Waals surface area contributed by atoms with Crippen LogP contribution in [0.4, 0.5) is 0 Å². The Morgan fingerprint density at radius 2 is 2.13 bits per heavy atom. The molecule has 0 aliphatic rings. The summed E-state index contributed by atoms with van der Waals surface area (Å²) in [6, 6.07) is 4.95. The van der Waals surface area contributed by atoms with Crippen LogP contribution in [0.25, 0.3) is 11.0 Å². The third-order valence-corrected chi connectivity index (χ3v) is 2.35. The van der Waals surface area contributed by atoms with E-state index >= 15 is 0 Å². The van der Waals surface area contributed by atoms with Crippen molar-refractivity contribution in [2.75, 3.05) is 0 Å². The molecule has 15 heavy (non-hydrogen) atoms. The van der Waals surface area contributed by atoms with Crippen LogP contribution >= 0.6 is 12.4 Å². The minimum Gasteiger partial charge on any atom is -0.478 e. The molecule has 0 aliphatic heterocycles. The lowest BCUT2D eigenvalue weighted by Gasteiger charge is -1.96. The fourth-order valence-electron chi connectivity index (χ4n) is 1.45. The summed E-state index contributed by atoms with van der Waals surface area (Å²) in [6.45, 7) is 1.89. The van der Waals surface area contributed by atoms with E-state index in [0.717, 1.165) is 16.9 Å². The smallest absolute Gasteiger partial charge is 0.335 e. The first-order valence-electron chi connectivity index (χ1n) is 4.26. The van der Waals surface area contributed by atoms with Crippen LogP contribution in [0.2, 0.25) is 0 Å². The molecule has 2 rings (SSSR count). The van der Waals surface area contributed by atoms with Crippen molar-refractivity contribution in [2.45, 2.75) is 6.92 Å². The Balaban J connectivity index is 0.00000112. The van der Waals surface area contributed by atoms with E-state index in [9.17, 15) is 4.79 Å². The van der Waals surface area contributed by atoms with E-state index in [0.29, 0.717) is 0 Å². The maximum atomic E-state index is 10.7. The van der Waals surface area contributed by atoms with Crippen LogP contribution in [-0.4, -0.2) is 20.6 Å². The van der Waals surface area contributed by atoms with Crippen LogP contribution in [0.3, 0.4) is 0 Å². The first-order valence-corrected chi connectivity index (χ1v) is 4.26. The number of nitrogens with zero attached hydrogens (tertiary/aromatic N) is 2. The number of fused-ring (bicyclic) bond motifs is 1. The number of rotatable bonds is 1. The van der Waals surface area contributed by atoms with Gasteiger partial charge >= 0.3 is 5.97 Å². The molecule has 0 saturated heterocycles. The molecule has 1 heterocycles. The zero-order valence-corrected chi connectivity index (χ0v) is 9.21. The molecule has 0 bridgehead atoms. The molecular formula is C10H11ClN2O2. The fourth-order valence-corrected chi connectivity index (χ4v) is 1.45. The van der Waals surface area contributed by atoms with Crippen LogP contribution in [-0.2, 0) is 7.05 Å². The second-order valence-corrected chi connectivity index (χ2v) is 3.23. The third kappa shape index (κ3) is 1.80. The number of hydrogen-bond donors (Lipinski definition) is 1. The maximum Gasteiger partial charge on any atom is 0.335 e. The van der Waals surface area contributed by atoms with Gasteiger partial charge in [0.25, 0.3) is 0 Å². The van der Waals surface area contributed by atoms with Gasteiger partial charge in [-0.05, 0) is 25.1 Å². The molecule has 0 unspecified atom stereocenters. The molecule has 80 valence electrons. The van der Waals surface area contributed by atoms with E-state index in [2.05, 4.69) is 4.98 Å². The number of halogens is 1. The van der Waals surface area contributed by atoms with Crippen molar-refractivity contribution in [2.24, 2.45) is 7.05 Å². The summed E-state index contributed by atoms with van der Waals surface area (Å²) >= 11 is 0. The van der Waals surface area contributed by atoms with Gasteiger partial charge in [0.15, 0.2) is 0 Å². The van der Waals surface area contributed by atoms with E-state index in [1.165, 1.54) is 0 Å². The molecule has 0 fully saturated rings. The molecule has 1 N–H and O–H groups in total. The summed E-state index contributed by atoms with van der Waals surface area (Å²) in [5, 5.41) is 8.79. The second kappa shape index (κ2) is 3.90. The molecule has 0 atom stereocenters. The molecule has 0 radical (unpaired) electrons. The largest absolute Gasteiger partial charge is 0.478 e. The maximum absolute atomic E-state index is 10.7. The predicted octanol–water partition coefficient (Wildman–Crippen LogP) is 2.00. The van der Waals surface area contributed by atoms with Gasteiger partial charge in [0.2, 0.25) is 0 Å². The molecule has 0 saturated carbocycles. The first-order chi connectivity index (χ1) is 6.59. The molecule has 2 aromatic rings. The fraction of sp³-hybridized carbons (Fsp3) is 0.200. The lowest BCUT2D eigenvalue weighted by atomic mass is 10.2. The minimum absolute atomic E-state index is 0. The second-order valence-electron chi connectivity index (χ2n) is 3.23. The number of imidazole rings is 1. The molecule has 0 aliphatic carbocycles. The Kier molecular flexibility index (Phi) is 3.00. The van der Waals surface area contributed by atoms with Gasteiger partial charge in [0.1, 0.15) is 5.82 Å². The van der Waals surface area contributed by atoms with Crippen molar-refractivity contribution < 1.29 is 9.90 Å². The SMILES string of the molecule is Cc1nc2cc(C(=O)O)ccc2n1C.Cl. The van der Waals surface area contributed by atoms with Crippen molar-refractivity contribution in [1.82, 2.24) is 9.55 Å². The molecule has 0 amide bonds. The highest BCUT2D eigenvalue weighted by atomic mass is 35.5. The van der Waals surface area contributed by atoms with Gasteiger partial charge < -0.3 is 9.67 Å². The average molecular weight is 227 g/mol. The van der Waals surface area contributed by atoms with Gasteiger partial charge in [-0.25, -0.2) is 9.78 Å². The van der Waals surface area contributed by atoms with Gasteiger partial charge in [-0.2, -0.15) is 0 Å². The van der Waals surface area contributed by atoms with Crippen molar-refractivity contribution >= 4 is 29.4 Å². The number of carboxylic acids is 1. The molecule has 5 heteroatoms. The van der Waals surface area contributed by atoms with Crippen molar-refractivity contribution in [3.05, 3.63) is 29.6 Å². The molecule has 0 spiro atoms. The molecule has 4 nitrogen and oxygen atoms in total. The van der Waals surface area contributed by atoms with Crippen LogP contribution in [0, 0.1) is 6.92 Å². The van der Waals surface area contributed by atoms with Crippen molar-refractivity contribution in [3.8, 4) is 0 Å². The van der Waals surface area contributed by atoms with Gasteiger partial charge in [0.05, 0.1) is 16.6 Å². The van der Waals surface area contributed by atoms with Gasteiger partial charge in [-0.3, -0.25) is 0 Å². The molecule has 1 aromatic carbocycles. The highest BCUT2D eigenvalue weighted by molar-refractivity contribution is 5.92. The number of carboxylic acid groups (broad SMARTS) is 1. The van der Waals surface area contributed by atoms with Crippen LogP contribution in [0.15, 0.2) is 18.2 Å². The highest BCUT2D eigenvalue weighted by Gasteiger charge is 2.07. The Labute approximate surface area is 93.0 Å². The minimum atomic E-state index is -0.921. The number of aryl methyl sites for hydroxylation is 2. The summed E-state index contributed by atoms with van der Waals surface area (Å²) in [5.41, 5.74) is 1.95. The Bertz CT molecular complexity index is 519. The van der Waals surface area contributed by atoms with Gasteiger partial charge in [0, 0.05) is 7.05 Å². The summed E-state index contributed by atoms with van der Waals surface area (Å²) in [4.78, 5) is 15.0. The normalized spacial score (nSPS) is 10.0.